The lowest BCUT2D eigenvalue weighted by molar-refractivity contribution is -0.123. The lowest BCUT2D eigenvalue weighted by Gasteiger charge is -2.62. The van der Waals surface area contributed by atoms with E-state index in [-0.39, 0.29) is 23.3 Å². The fourth-order valence-corrected chi connectivity index (χ4v) is 5.96. The van der Waals surface area contributed by atoms with Gasteiger partial charge in [0.2, 0.25) is 0 Å². The zero-order chi connectivity index (χ0) is 17.8. The third kappa shape index (κ3) is 2.62. The molecule has 3 aliphatic rings. The molecule has 5 rings (SSSR count). The van der Waals surface area contributed by atoms with Gasteiger partial charge in [-0.05, 0) is 55.1 Å². The summed E-state index contributed by atoms with van der Waals surface area (Å²) in [6, 6.07) is 6.37. The minimum absolute atomic E-state index is 0.0129. The van der Waals surface area contributed by atoms with Gasteiger partial charge in [0.1, 0.15) is 6.29 Å². The highest BCUT2D eigenvalue weighted by molar-refractivity contribution is 7.17. The van der Waals surface area contributed by atoms with Gasteiger partial charge in [-0.3, -0.25) is 4.79 Å². The van der Waals surface area contributed by atoms with Gasteiger partial charge < -0.3 is 10.1 Å². The smallest absolute Gasteiger partial charge is 0.252 e. The Hall–Kier alpha value is -1.68. The number of nitrogens with one attached hydrogen (secondary N) is 1. The molecule has 25 heavy (non-hydrogen) atoms. The van der Waals surface area contributed by atoms with E-state index < -0.39 is 0 Å². The van der Waals surface area contributed by atoms with Crippen LogP contribution >= 0.6 is 11.3 Å². The van der Waals surface area contributed by atoms with Gasteiger partial charge in [-0.1, -0.05) is 25.5 Å². The molecule has 0 unspecified atom stereocenters. The molecule has 1 N–H and O–H groups in total. The highest BCUT2D eigenvalue weighted by Gasteiger charge is 2.57. The van der Waals surface area contributed by atoms with E-state index in [2.05, 4.69) is 44.3 Å². The molecule has 0 spiro atoms. The van der Waals surface area contributed by atoms with Crippen LogP contribution in [0.3, 0.4) is 0 Å². The molecule has 0 radical (unpaired) electrons. The van der Waals surface area contributed by atoms with Crippen LogP contribution in [-0.2, 0) is 4.79 Å². The summed E-state index contributed by atoms with van der Waals surface area (Å²) in [5.74, 6) is 1.47. The summed E-state index contributed by atoms with van der Waals surface area (Å²) in [6.45, 7) is 6.67. The van der Waals surface area contributed by atoms with Crippen molar-refractivity contribution in [3.05, 3.63) is 34.7 Å². The van der Waals surface area contributed by atoms with E-state index in [4.69, 9.17) is 0 Å². The molecule has 2 aromatic rings. The zero-order valence-electron chi connectivity index (χ0n) is 15.0. The van der Waals surface area contributed by atoms with E-state index in [0.29, 0.717) is 18.3 Å². The molecule has 132 valence electrons. The molecule has 1 aromatic carbocycles. The predicted octanol–water partition coefficient (Wildman–Crippen LogP) is 4.58. The lowest BCUT2D eigenvalue weighted by atomic mass is 9.44. The topological polar surface area (TPSA) is 46.2 Å². The molecule has 4 heteroatoms. The molecule has 0 saturated heterocycles. The first-order valence-corrected chi connectivity index (χ1v) is 10.0. The van der Waals surface area contributed by atoms with Crippen LogP contribution in [0.15, 0.2) is 23.6 Å². The molecule has 1 aromatic heterocycles. The fraction of sp³-hybridized carbons (Fsp3) is 0.524. The predicted molar refractivity (Wildman–Crippen MR) is 102 cm³/mol. The Morgan fingerprint density at radius 2 is 2.16 bits per heavy atom. The van der Waals surface area contributed by atoms with Crippen LogP contribution < -0.4 is 5.32 Å². The van der Waals surface area contributed by atoms with Crippen molar-refractivity contribution in [1.29, 1.82) is 0 Å². The number of amides is 1. The van der Waals surface area contributed by atoms with Crippen LogP contribution in [0, 0.1) is 30.1 Å². The van der Waals surface area contributed by atoms with Crippen LogP contribution in [0.25, 0.3) is 10.1 Å². The molecule has 3 fully saturated rings. The Morgan fingerprint density at radius 1 is 1.36 bits per heavy atom. The maximum atomic E-state index is 13.0. The van der Waals surface area contributed by atoms with E-state index >= 15 is 0 Å². The van der Waals surface area contributed by atoms with Gasteiger partial charge in [-0.2, -0.15) is 0 Å². The van der Waals surface area contributed by atoms with E-state index in [9.17, 15) is 9.59 Å². The molecule has 3 aliphatic carbocycles. The normalized spacial score (nSPS) is 29.9. The third-order valence-electron chi connectivity index (χ3n) is 6.75. The second-order valence-corrected chi connectivity index (χ2v) is 9.32. The summed E-state index contributed by atoms with van der Waals surface area (Å²) < 4.78 is 1.15. The number of rotatable bonds is 4. The summed E-state index contributed by atoms with van der Waals surface area (Å²) >= 11 is 1.62. The summed E-state index contributed by atoms with van der Waals surface area (Å²) in [7, 11) is 0. The molecular weight excluding hydrogens is 330 g/mol. The van der Waals surface area contributed by atoms with Crippen molar-refractivity contribution in [2.24, 2.45) is 23.2 Å². The van der Waals surface area contributed by atoms with Crippen molar-refractivity contribution in [1.82, 2.24) is 5.32 Å². The minimum atomic E-state index is 0.0129. The highest BCUT2D eigenvalue weighted by atomic mass is 32.1. The number of hydrogen-bond acceptors (Lipinski definition) is 3. The molecule has 3 nitrogen and oxygen atoms in total. The molecule has 4 atom stereocenters. The first kappa shape index (κ1) is 16.8. The van der Waals surface area contributed by atoms with Gasteiger partial charge >= 0.3 is 0 Å². The van der Waals surface area contributed by atoms with E-state index in [1.165, 1.54) is 12.0 Å². The first-order valence-electron chi connectivity index (χ1n) is 9.14. The quantitative estimate of drug-likeness (QED) is 0.816. The van der Waals surface area contributed by atoms with Gasteiger partial charge in [0.15, 0.2) is 0 Å². The molecule has 2 bridgehead atoms. The van der Waals surface area contributed by atoms with Crippen molar-refractivity contribution >= 4 is 33.6 Å². The SMILES string of the molecule is Cc1ccc2scc(C(=O)N[C@@H]3[C@@H](CC=O)C[C@H]4C[C@@H]3C4(C)C)c2c1. The molecule has 1 heterocycles. The lowest BCUT2D eigenvalue weighted by Crippen LogP contribution is -2.63. The Kier molecular flexibility index (Phi) is 3.99. The monoisotopic (exact) mass is 355 g/mol. The first-order chi connectivity index (χ1) is 11.9. The van der Waals surface area contributed by atoms with Crippen LogP contribution in [-0.4, -0.2) is 18.2 Å². The molecule has 0 aliphatic heterocycles. The minimum Gasteiger partial charge on any atom is -0.349 e. The number of aldehydes is 1. The average Bonchev–Trinajstić information content (AvgIpc) is 2.99. The number of hydrogen-bond donors (Lipinski definition) is 1. The summed E-state index contributed by atoms with van der Waals surface area (Å²) in [5, 5.41) is 6.32. The Labute approximate surface area is 152 Å². The number of benzene rings is 1. The van der Waals surface area contributed by atoms with E-state index in [1.807, 2.05) is 5.38 Å². The van der Waals surface area contributed by atoms with Crippen molar-refractivity contribution in [3.63, 3.8) is 0 Å². The molecule has 1 amide bonds. The number of thiophene rings is 1. The second kappa shape index (κ2) is 5.94. The Balaban J connectivity index is 1.61. The second-order valence-electron chi connectivity index (χ2n) is 8.41. The summed E-state index contributed by atoms with van der Waals surface area (Å²) in [4.78, 5) is 24.1. The maximum absolute atomic E-state index is 13.0. The Bertz CT molecular complexity index is 838. The summed E-state index contributed by atoms with van der Waals surface area (Å²) in [6.07, 6.45) is 3.80. The number of fused-ring (bicyclic) bond motifs is 3. The number of aryl methyl sites for hydroxylation is 1. The number of carbonyl (C=O) groups excluding carboxylic acids is 2. The van der Waals surface area contributed by atoms with Crippen molar-refractivity contribution in [3.8, 4) is 0 Å². The zero-order valence-corrected chi connectivity index (χ0v) is 15.9. The van der Waals surface area contributed by atoms with Crippen LogP contribution in [0.2, 0.25) is 0 Å². The molecule has 3 saturated carbocycles. The van der Waals surface area contributed by atoms with Gasteiger partial charge in [0.05, 0.1) is 5.56 Å². The summed E-state index contributed by atoms with van der Waals surface area (Å²) in [5.41, 5.74) is 2.21. The van der Waals surface area contributed by atoms with Crippen molar-refractivity contribution in [2.75, 3.05) is 0 Å². The largest absolute Gasteiger partial charge is 0.349 e. The van der Waals surface area contributed by atoms with Gasteiger partial charge in [-0.15, -0.1) is 11.3 Å². The molecular formula is C21H25NO2S. The maximum Gasteiger partial charge on any atom is 0.252 e. The van der Waals surface area contributed by atoms with Crippen LogP contribution in [0.4, 0.5) is 0 Å². The van der Waals surface area contributed by atoms with Crippen LogP contribution in [0.1, 0.15) is 49.0 Å². The van der Waals surface area contributed by atoms with Gasteiger partial charge in [0.25, 0.3) is 5.91 Å². The standard InChI is InChI=1S/C21H25NO2S/c1-12-4-5-18-15(8-12)16(11-25-18)20(24)22-19-13(6-7-23)9-14-10-17(19)21(14,2)3/h4-5,7-8,11,13-14,17,19H,6,9-10H2,1-3H3,(H,22,24)/t13-,14-,17-,19+/m0/s1. The van der Waals surface area contributed by atoms with Crippen molar-refractivity contribution < 1.29 is 9.59 Å². The third-order valence-corrected chi connectivity index (χ3v) is 7.71. The Morgan fingerprint density at radius 3 is 2.88 bits per heavy atom. The van der Waals surface area contributed by atoms with E-state index in [1.54, 1.807) is 11.3 Å². The van der Waals surface area contributed by atoms with Crippen LogP contribution in [0.5, 0.6) is 0 Å². The fourth-order valence-electron chi connectivity index (χ4n) is 5.04. The average molecular weight is 356 g/mol. The van der Waals surface area contributed by atoms with Gasteiger partial charge in [-0.25, -0.2) is 0 Å². The number of carbonyl (C=O) groups is 2. The van der Waals surface area contributed by atoms with Gasteiger partial charge in [0, 0.05) is 27.9 Å². The highest BCUT2D eigenvalue weighted by Crippen LogP contribution is 2.61. The van der Waals surface area contributed by atoms with E-state index in [0.717, 1.165) is 28.4 Å². The van der Waals surface area contributed by atoms with Crippen molar-refractivity contribution in [2.45, 2.75) is 46.1 Å².